The molecule has 142 valence electrons. The van der Waals surface area contributed by atoms with Gasteiger partial charge in [0.2, 0.25) is 0 Å². The van der Waals surface area contributed by atoms with Gasteiger partial charge in [-0.05, 0) is 38.1 Å². The lowest BCUT2D eigenvalue weighted by Crippen LogP contribution is -2.20. The van der Waals surface area contributed by atoms with Gasteiger partial charge in [0.15, 0.2) is 0 Å². The zero-order valence-electron chi connectivity index (χ0n) is 15.2. The Labute approximate surface area is 159 Å². The molecule has 2 aromatic carbocycles. The number of hydrogen-bond acceptors (Lipinski definition) is 5. The molecule has 3 aromatic rings. The van der Waals surface area contributed by atoms with E-state index in [-0.39, 0.29) is 16.8 Å². The van der Waals surface area contributed by atoms with Crippen LogP contribution >= 0.6 is 0 Å². The molecule has 0 unspecified atom stereocenters. The average Bonchev–Trinajstić information content (AvgIpc) is 2.96. The zero-order chi connectivity index (χ0) is 20.3. The summed E-state index contributed by atoms with van der Waals surface area (Å²) >= 11 is 0. The maximum atomic E-state index is 12.6. The lowest BCUT2D eigenvalue weighted by molar-refractivity contribution is -0.384. The number of hydrogen-bond donors (Lipinski definition) is 2. The molecule has 0 aliphatic carbocycles. The molecule has 2 N–H and O–H groups in total. The summed E-state index contributed by atoms with van der Waals surface area (Å²) in [6.45, 7) is 3.68. The highest BCUT2D eigenvalue weighted by Crippen LogP contribution is 2.12. The monoisotopic (exact) mass is 379 g/mol. The number of amides is 1. The Morgan fingerprint density at radius 3 is 2.39 bits per heavy atom. The lowest BCUT2D eigenvalue weighted by Gasteiger charge is -2.01. The summed E-state index contributed by atoms with van der Waals surface area (Å²) < 4.78 is 1.40. The number of nitro groups is 1. The number of aromatic amines is 1. The SMILES string of the molecule is Cc1ccc(-n2[nH]c(C)c(C=NNC(=O)c3ccc([N+](=O)[O-])cc3)c2=O)cc1. The first-order valence-electron chi connectivity index (χ1n) is 8.33. The Hall–Kier alpha value is -4.01. The second kappa shape index (κ2) is 7.70. The summed E-state index contributed by atoms with van der Waals surface area (Å²) in [6.07, 6.45) is 1.27. The highest BCUT2D eigenvalue weighted by Gasteiger charge is 2.12. The molecule has 9 heteroatoms. The van der Waals surface area contributed by atoms with Crippen LogP contribution in [-0.2, 0) is 0 Å². The van der Waals surface area contributed by atoms with Crippen LogP contribution in [0.25, 0.3) is 5.69 Å². The normalized spacial score (nSPS) is 10.9. The van der Waals surface area contributed by atoms with E-state index in [2.05, 4.69) is 15.6 Å². The van der Waals surface area contributed by atoms with Crippen LogP contribution in [0.4, 0.5) is 5.69 Å². The Bertz CT molecular complexity index is 1110. The molecule has 1 amide bonds. The van der Waals surface area contributed by atoms with Crippen molar-refractivity contribution in [3.8, 4) is 5.69 Å². The predicted octanol–water partition coefficient (Wildman–Crippen LogP) is 2.45. The summed E-state index contributed by atoms with van der Waals surface area (Å²) in [6, 6.07) is 12.6. The van der Waals surface area contributed by atoms with E-state index in [1.165, 1.54) is 35.2 Å². The smallest absolute Gasteiger partial charge is 0.280 e. The topological polar surface area (TPSA) is 122 Å². The Kier molecular flexibility index (Phi) is 5.16. The van der Waals surface area contributed by atoms with Crippen molar-refractivity contribution in [3.63, 3.8) is 0 Å². The number of H-pyrrole nitrogens is 1. The third-order valence-corrected chi connectivity index (χ3v) is 4.11. The van der Waals surface area contributed by atoms with Gasteiger partial charge in [0, 0.05) is 23.4 Å². The van der Waals surface area contributed by atoms with Gasteiger partial charge in [-0.1, -0.05) is 17.7 Å². The largest absolute Gasteiger partial charge is 0.295 e. The highest BCUT2D eigenvalue weighted by molar-refractivity contribution is 5.95. The molecule has 1 aromatic heterocycles. The fourth-order valence-electron chi connectivity index (χ4n) is 2.54. The number of rotatable bonds is 5. The van der Waals surface area contributed by atoms with Gasteiger partial charge in [0.1, 0.15) is 0 Å². The van der Waals surface area contributed by atoms with Crippen LogP contribution in [0.1, 0.15) is 27.2 Å². The van der Waals surface area contributed by atoms with Crippen LogP contribution in [0, 0.1) is 24.0 Å². The first-order valence-corrected chi connectivity index (χ1v) is 8.33. The lowest BCUT2D eigenvalue weighted by atomic mass is 10.2. The molecular weight excluding hydrogens is 362 g/mol. The molecule has 0 saturated heterocycles. The number of nitrogens with zero attached hydrogens (tertiary/aromatic N) is 3. The molecule has 0 saturated carbocycles. The van der Waals surface area contributed by atoms with Crippen molar-refractivity contribution < 1.29 is 9.72 Å². The van der Waals surface area contributed by atoms with Gasteiger partial charge < -0.3 is 0 Å². The van der Waals surface area contributed by atoms with Gasteiger partial charge in [0.25, 0.3) is 17.2 Å². The third kappa shape index (κ3) is 3.88. The van der Waals surface area contributed by atoms with E-state index >= 15 is 0 Å². The quantitative estimate of drug-likeness (QED) is 0.401. The van der Waals surface area contributed by atoms with Crippen LogP contribution in [0.15, 0.2) is 58.4 Å². The highest BCUT2D eigenvalue weighted by atomic mass is 16.6. The van der Waals surface area contributed by atoms with Crippen molar-refractivity contribution in [2.45, 2.75) is 13.8 Å². The summed E-state index contributed by atoms with van der Waals surface area (Å²) in [5.74, 6) is -0.543. The molecule has 9 nitrogen and oxygen atoms in total. The number of nitrogens with one attached hydrogen (secondary N) is 2. The number of hydrazone groups is 1. The maximum Gasteiger partial charge on any atom is 0.280 e. The van der Waals surface area contributed by atoms with Gasteiger partial charge in [-0.3, -0.25) is 24.8 Å². The first-order chi connectivity index (χ1) is 13.4. The van der Waals surface area contributed by atoms with E-state index in [0.29, 0.717) is 16.9 Å². The number of aromatic nitrogens is 2. The second-order valence-corrected chi connectivity index (χ2v) is 6.13. The predicted molar refractivity (Wildman–Crippen MR) is 104 cm³/mol. The fourth-order valence-corrected chi connectivity index (χ4v) is 2.54. The number of benzene rings is 2. The average molecular weight is 379 g/mol. The number of non-ortho nitro benzene ring substituents is 1. The van der Waals surface area contributed by atoms with Crippen molar-refractivity contribution in [3.05, 3.63) is 91.4 Å². The van der Waals surface area contributed by atoms with E-state index in [1.54, 1.807) is 6.92 Å². The Balaban J connectivity index is 1.75. The summed E-state index contributed by atoms with van der Waals surface area (Å²) in [4.78, 5) is 34.7. The van der Waals surface area contributed by atoms with Gasteiger partial charge in [-0.15, -0.1) is 0 Å². The third-order valence-electron chi connectivity index (χ3n) is 4.11. The Morgan fingerprint density at radius 1 is 1.14 bits per heavy atom. The van der Waals surface area contributed by atoms with Crippen molar-refractivity contribution in [1.29, 1.82) is 0 Å². The van der Waals surface area contributed by atoms with E-state index in [0.717, 1.165) is 5.56 Å². The maximum absolute atomic E-state index is 12.6. The fraction of sp³-hybridized carbons (Fsp3) is 0.105. The molecule has 1 heterocycles. The second-order valence-electron chi connectivity index (χ2n) is 6.13. The minimum atomic E-state index is -0.548. The Morgan fingerprint density at radius 2 is 1.79 bits per heavy atom. The minimum absolute atomic E-state index is 0.111. The molecule has 0 fully saturated rings. The van der Waals surface area contributed by atoms with Crippen LogP contribution in [0.5, 0.6) is 0 Å². The number of carbonyl (C=O) groups is 1. The summed E-state index contributed by atoms with van der Waals surface area (Å²) in [7, 11) is 0. The number of nitro benzene ring substituents is 1. The minimum Gasteiger partial charge on any atom is -0.295 e. The molecule has 28 heavy (non-hydrogen) atoms. The molecule has 0 bridgehead atoms. The van der Waals surface area contributed by atoms with Crippen molar-refractivity contribution in [1.82, 2.24) is 15.2 Å². The molecule has 0 aliphatic heterocycles. The van der Waals surface area contributed by atoms with Gasteiger partial charge in [-0.2, -0.15) is 5.10 Å². The van der Waals surface area contributed by atoms with E-state index < -0.39 is 10.8 Å². The van der Waals surface area contributed by atoms with Crippen LogP contribution in [0.2, 0.25) is 0 Å². The van der Waals surface area contributed by atoms with Gasteiger partial charge in [0.05, 0.1) is 22.4 Å². The molecule has 0 spiro atoms. The van der Waals surface area contributed by atoms with E-state index in [1.807, 2.05) is 31.2 Å². The van der Waals surface area contributed by atoms with Crippen molar-refractivity contribution in [2.24, 2.45) is 5.10 Å². The molecule has 0 aliphatic rings. The molecular formula is C19H17N5O4. The standard InChI is InChI=1S/C19H17N5O4/c1-12-3-7-15(8-4-12)23-19(26)17(13(2)22-23)11-20-21-18(25)14-5-9-16(10-6-14)24(27)28/h3-11,22H,1-2H3,(H,21,25). The summed E-state index contributed by atoms with van der Waals surface area (Å²) in [5.41, 5.74) is 4.78. The van der Waals surface area contributed by atoms with E-state index in [9.17, 15) is 19.7 Å². The zero-order valence-corrected chi connectivity index (χ0v) is 15.2. The van der Waals surface area contributed by atoms with Gasteiger partial charge in [-0.25, -0.2) is 10.1 Å². The van der Waals surface area contributed by atoms with Crippen LogP contribution in [-0.4, -0.2) is 26.8 Å². The molecule has 3 rings (SSSR count). The van der Waals surface area contributed by atoms with Crippen molar-refractivity contribution in [2.75, 3.05) is 0 Å². The summed E-state index contributed by atoms with van der Waals surface area (Å²) in [5, 5.41) is 17.4. The number of carbonyl (C=O) groups excluding carboxylic acids is 1. The van der Waals surface area contributed by atoms with Crippen LogP contribution < -0.4 is 11.0 Å². The van der Waals surface area contributed by atoms with Crippen molar-refractivity contribution >= 4 is 17.8 Å². The first kappa shape index (κ1) is 18.8. The molecule has 0 atom stereocenters. The van der Waals surface area contributed by atoms with Crippen LogP contribution in [0.3, 0.4) is 0 Å². The molecule has 0 radical (unpaired) electrons. The van der Waals surface area contributed by atoms with E-state index in [4.69, 9.17) is 0 Å². The number of aryl methyl sites for hydroxylation is 2. The van der Waals surface area contributed by atoms with Gasteiger partial charge >= 0.3 is 0 Å².